The molecule has 2 aliphatic rings. The predicted molar refractivity (Wildman–Crippen MR) is 74.1 cm³/mol. The van der Waals surface area contributed by atoms with Gasteiger partial charge in [0, 0.05) is 6.67 Å². The summed E-state index contributed by atoms with van der Waals surface area (Å²) < 4.78 is 0. The number of hydrogen-bond donors (Lipinski definition) is 1. The zero-order valence-corrected chi connectivity index (χ0v) is 11.2. The van der Waals surface area contributed by atoms with Crippen molar-refractivity contribution in [2.24, 2.45) is 0 Å². The van der Waals surface area contributed by atoms with Crippen molar-refractivity contribution in [3.8, 4) is 0 Å². The van der Waals surface area contributed by atoms with Crippen molar-refractivity contribution < 1.29 is 0 Å². The third-order valence-corrected chi connectivity index (χ3v) is 4.02. The molecule has 0 aromatic rings. The Balaban J connectivity index is 1.97. The molecule has 98 valence electrons. The monoisotopic (exact) mass is 236 g/mol. The molecule has 0 fully saturated rings. The summed E-state index contributed by atoms with van der Waals surface area (Å²) in [4.78, 5) is 2.61. The molecule has 0 radical (unpaired) electrons. The first-order valence-corrected chi connectivity index (χ1v) is 7.56. The van der Waals surface area contributed by atoms with Gasteiger partial charge in [-0.25, -0.2) is 0 Å². The van der Waals surface area contributed by atoms with Crippen LogP contribution in [0.3, 0.4) is 0 Å². The summed E-state index contributed by atoms with van der Waals surface area (Å²) in [6.07, 6.45) is 14.8. The topological polar surface area (TPSA) is 15.3 Å². The van der Waals surface area contributed by atoms with Gasteiger partial charge in [0.25, 0.3) is 0 Å². The maximum atomic E-state index is 3.61. The smallest absolute Gasteiger partial charge is 0.0480 e. The van der Waals surface area contributed by atoms with Crippen LogP contribution in [0.4, 0.5) is 0 Å². The first-order valence-electron chi connectivity index (χ1n) is 7.56. The molecule has 1 atom stereocenters. The van der Waals surface area contributed by atoms with Crippen LogP contribution in [0.25, 0.3) is 0 Å². The SMILES string of the molecule is C1=C2CCCCCCN(CCC1)CNCCC2. The van der Waals surface area contributed by atoms with Gasteiger partial charge in [-0.15, -0.1) is 0 Å². The molecule has 2 heterocycles. The van der Waals surface area contributed by atoms with Crippen LogP contribution in [-0.2, 0) is 0 Å². The molecule has 2 rings (SSSR count). The summed E-state index contributed by atoms with van der Waals surface area (Å²) in [7, 11) is 0. The Morgan fingerprint density at radius 1 is 0.882 bits per heavy atom. The van der Waals surface area contributed by atoms with Crippen LogP contribution in [0, 0.1) is 0 Å². The normalized spacial score (nSPS) is 29.2. The Morgan fingerprint density at radius 3 is 2.71 bits per heavy atom. The average molecular weight is 236 g/mol. The minimum absolute atomic E-state index is 1.11. The number of allylic oxidation sites excluding steroid dienone is 2. The van der Waals surface area contributed by atoms with E-state index in [2.05, 4.69) is 16.3 Å². The molecule has 2 heteroatoms. The third kappa shape index (κ3) is 5.22. The first-order chi connectivity index (χ1) is 8.45. The van der Waals surface area contributed by atoms with Gasteiger partial charge in [0.05, 0.1) is 0 Å². The van der Waals surface area contributed by atoms with Gasteiger partial charge in [-0.3, -0.25) is 4.90 Å². The van der Waals surface area contributed by atoms with Crippen molar-refractivity contribution in [3.05, 3.63) is 11.6 Å². The van der Waals surface area contributed by atoms with Crippen LogP contribution in [0.5, 0.6) is 0 Å². The molecule has 2 bridgehead atoms. The molecule has 2 nitrogen and oxygen atoms in total. The van der Waals surface area contributed by atoms with E-state index >= 15 is 0 Å². The minimum atomic E-state index is 1.11. The van der Waals surface area contributed by atoms with Crippen LogP contribution in [0.1, 0.15) is 57.8 Å². The Bertz CT molecular complexity index is 235. The second kappa shape index (κ2) is 7.88. The summed E-state index contributed by atoms with van der Waals surface area (Å²) >= 11 is 0. The van der Waals surface area contributed by atoms with Crippen LogP contribution < -0.4 is 5.32 Å². The summed E-state index contributed by atoms with van der Waals surface area (Å²) in [5.74, 6) is 0. The lowest BCUT2D eigenvalue weighted by atomic mass is 10.00. The Morgan fingerprint density at radius 2 is 1.71 bits per heavy atom. The molecule has 0 amide bonds. The standard InChI is InChI=1S/C15H28N2/c1-2-5-12-17-13-6-4-9-15(8-3-1)10-7-11-16-14-17/h9,16H,1-8,10-14H2. The molecule has 0 aliphatic carbocycles. The number of nitrogens with zero attached hydrogens (tertiary/aromatic N) is 1. The second-order valence-electron chi connectivity index (χ2n) is 5.55. The highest BCUT2D eigenvalue weighted by molar-refractivity contribution is 5.02. The van der Waals surface area contributed by atoms with E-state index in [0.717, 1.165) is 6.67 Å². The van der Waals surface area contributed by atoms with Crippen molar-refractivity contribution >= 4 is 0 Å². The van der Waals surface area contributed by atoms with Gasteiger partial charge in [-0.05, 0) is 64.6 Å². The van der Waals surface area contributed by atoms with Gasteiger partial charge in [0.2, 0.25) is 0 Å². The maximum Gasteiger partial charge on any atom is 0.0480 e. The lowest BCUT2D eigenvalue weighted by Crippen LogP contribution is -2.36. The van der Waals surface area contributed by atoms with E-state index in [4.69, 9.17) is 0 Å². The van der Waals surface area contributed by atoms with E-state index in [9.17, 15) is 0 Å². The summed E-state index contributed by atoms with van der Waals surface area (Å²) in [5.41, 5.74) is 1.74. The largest absolute Gasteiger partial charge is 0.304 e. The second-order valence-corrected chi connectivity index (χ2v) is 5.55. The van der Waals surface area contributed by atoms with E-state index in [-0.39, 0.29) is 0 Å². The highest BCUT2D eigenvalue weighted by atomic mass is 15.2. The maximum absolute atomic E-state index is 3.61. The molecule has 2 aliphatic heterocycles. The van der Waals surface area contributed by atoms with Gasteiger partial charge in [-0.1, -0.05) is 24.5 Å². The van der Waals surface area contributed by atoms with Gasteiger partial charge in [0.15, 0.2) is 0 Å². The number of nitrogens with one attached hydrogen (secondary N) is 1. The third-order valence-electron chi connectivity index (χ3n) is 4.02. The van der Waals surface area contributed by atoms with Crippen molar-refractivity contribution in [1.82, 2.24) is 10.2 Å². The fraction of sp³-hybridized carbons (Fsp3) is 0.867. The molecule has 0 saturated heterocycles. The van der Waals surface area contributed by atoms with Crippen LogP contribution >= 0.6 is 0 Å². The Kier molecular flexibility index (Phi) is 6.08. The number of fused-ring (bicyclic) bond motifs is 4. The molecule has 0 saturated carbocycles. The highest BCUT2D eigenvalue weighted by Crippen LogP contribution is 2.18. The minimum Gasteiger partial charge on any atom is -0.304 e. The molecule has 0 spiro atoms. The first kappa shape index (κ1) is 13.1. The molecule has 0 aromatic carbocycles. The van der Waals surface area contributed by atoms with Crippen molar-refractivity contribution in [1.29, 1.82) is 0 Å². The van der Waals surface area contributed by atoms with Gasteiger partial charge >= 0.3 is 0 Å². The van der Waals surface area contributed by atoms with E-state index < -0.39 is 0 Å². The molecular formula is C15H28N2. The molecule has 17 heavy (non-hydrogen) atoms. The summed E-state index contributed by atoms with van der Waals surface area (Å²) in [6, 6.07) is 0. The van der Waals surface area contributed by atoms with Crippen LogP contribution in [0.15, 0.2) is 11.6 Å². The van der Waals surface area contributed by atoms with E-state index in [1.54, 1.807) is 5.57 Å². The number of hydrogen-bond acceptors (Lipinski definition) is 2. The zero-order valence-electron chi connectivity index (χ0n) is 11.2. The van der Waals surface area contributed by atoms with Crippen molar-refractivity contribution in [3.63, 3.8) is 0 Å². The average Bonchev–Trinajstić information content (AvgIpc) is 2.35. The molecule has 1 N–H and O–H groups in total. The fourth-order valence-electron chi connectivity index (χ4n) is 2.94. The molecule has 1 unspecified atom stereocenters. The lowest BCUT2D eigenvalue weighted by Gasteiger charge is -2.22. The lowest BCUT2D eigenvalue weighted by molar-refractivity contribution is 0.245. The van der Waals surface area contributed by atoms with E-state index in [1.807, 2.05) is 0 Å². The van der Waals surface area contributed by atoms with E-state index in [0.29, 0.717) is 0 Å². The van der Waals surface area contributed by atoms with Crippen LogP contribution in [0.2, 0.25) is 0 Å². The summed E-state index contributed by atoms with van der Waals surface area (Å²) in [5, 5.41) is 3.61. The van der Waals surface area contributed by atoms with Gasteiger partial charge < -0.3 is 5.32 Å². The van der Waals surface area contributed by atoms with Crippen LogP contribution in [-0.4, -0.2) is 31.2 Å². The molecule has 0 aromatic heterocycles. The summed E-state index contributed by atoms with van der Waals surface area (Å²) in [6.45, 7) is 4.86. The zero-order chi connectivity index (χ0) is 11.8. The Labute approximate surface area is 106 Å². The van der Waals surface area contributed by atoms with E-state index in [1.165, 1.54) is 77.4 Å². The van der Waals surface area contributed by atoms with Crippen molar-refractivity contribution in [2.45, 2.75) is 57.8 Å². The van der Waals surface area contributed by atoms with Gasteiger partial charge in [0.1, 0.15) is 0 Å². The Hall–Kier alpha value is -0.340. The predicted octanol–water partition coefficient (Wildman–Crippen LogP) is 3.30. The number of rotatable bonds is 0. The fourth-order valence-corrected chi connectivity index (χ4v) is 2.94. The van der Waals surface area contributed by atoms with Crippen molar-refractivity contribution in [2.75, 3.05) is 26.3 Å². The van der Waals surface area contributed by atoms with Gasteiger partial charge in [-0.2, -0.15) is 0 Å². The molecular weight excluding hydrogens is 208 g/mol. The quantitative estimate of drug-likeness (QED) is 0.649. The highest BCUT2D eigenvalue weighted by Gasteiger charge is 2.07.